The van der Waals surface area contributed by atoms with Gasteiger partial charge in [0.1, 0.15) is 0 Å². The van der Waals surface area contributed by atoms with Gasteiger partial charge in [-0.2, -0.15) is 4.98 Å². The molecule has 1 atom stereocenters. The van der Waals surface area contributed by atoms with Crippen LogP contribution in [0.25, 0.3) is 0 Å². The Kier molecular flexibility index (Phi) is 4.06. The normalized spacial score (nSPS) is 12.1. The molecule has 6 nitrogen and oxygen atoms in total. The molecule has 0 spiro atoms. The first-order chi connectivity index (χ1) is 9.04. The number of H-pyrrole nitrogens is 1. The fraction of sp³-hybridized carbons (Fsp3) is 0.250. The van der Waals surface area contributed by atoms with Crippen molar-refractivity contribution in [1.29, 1.82) is 0 Å². The van der Waals surface area contributed by atoms with Crippen LogP contribution in [-0.2, 0) is 4.79 Å². The number of hydrogen-bond donors (Lipinski definition) is 3. The van der Waals surface area contributed by atoms with Crippen LogP contribution in [0, 0.1) is 6.92 Å². The fourth-order valence-corrected chi connectivity index (χ4v) is 2.13. The van der Waals surface area contributed by atoms with E-state index in [0.29, 0.717) is 5.16 Å². The summed E-state index contributed by atoms with van der Waals surface area (Å²) < 4.78 is 0. The lowest BCUT2D eigenvalue weighted by Gasteiger charge is -2.10. The number of aromatic amines is 1. The molecule has 1 aromatic carbocycles. The number of anilines is 2. The van der Waals surface area contributed by atoms with E-state index in [9.17, 15) is 4.79 Å². The van der Waals surface area contributed by atoms with Gasteiger partial charge in [-0.05, 0) is 26.0 Å². The number of carbonyl (C=O) groups is 1. The molecule has 1 aromatic heterocycles. The molecule has 7 heteroatoms. The van der Waals surface area contributed by atoms with Gasteiger partial charge in [0.2, 0.25) is 17.0 Å². The predicted octanol–water partition coefficient (Wildman–Crippen LogP) is 1.81. The number of benzene rings is 1. The van der Waals surface area contributed by atoms with Gasteiger partial charge in [0, 0.05) is 5.69 Å². The Morgan fingerprint density at radius 2 is 2.11 bits per heavy atom. The molecule has 4 N–H and O–H groups in total. The van der Waals surface area contributed by atoms with E-state index in [-0.39, 0.29) is 17.1 Å². The molecule has 0 saturated carbocycles. The topological polar surface area (TPSA) is 96.7 Å². The maximum absolute atomic E-state index is 12.0. The summed E-state index contributed by atoms with van der Waals surface area (Å²) in [6.07, 6.45) is 0. The molecule has 1 unspecified atom stereocenters. The summed E-state index contributed by atoms with van der Waals surface area (Å²) in [5.74, 6) is 0.144. The van der Waals surface area contributed by atoms with E-state index in [0.717, 1.165) is 11.3 Å². The van der Waals surface area contributed by atoms with Crippen LogP contribution in [0.5, 0.6) is 0 Å². The van der Waals surface area contributed by atoms with Crippen molar-refractivity contribution in [2.24, 2.45) is 0 Å². The first-order valence-corrected chi connectivity index (χ1v) is 6.64. The minimum atomic E-state index is -0.309. The van der Waals surface area contributed by atoms with Gasteiger partial charge in [0.15, 0.2) is 0 Å². The van der Waals surface area contributed by atoms with Gasteiger partial charge < -0.3 is 11.1 Å². The van der Waals surface area contributed by atoms with E-state index in [4.69, 9.17) is 5.73 Å². The van der Waals surface area contributed by atoms with Crippen LogP contribution in [0.3, 0.4) is 0 Å². The summed E-state index contributed by atoms with van der Waals surface area (Å²) in [6.45, 7) is 3.79. The molecule has 0 bridgehead atoms. The first kappa shape index (κ1) is 13.4. The zero-order chi connectivity index (χ0) is 13.8. The molecule has 0 aliphatic rings. The van der Waals surface area contributed by atoms with Crippen molar-refractivity contribution in [3.05, 3.63) is 29.8 Å². The third-order valence-corrected chi connectivity index (χ3v) is 3.41. The zero-order valence-electron chi connectivity index (χ0n) is 10.7. The standard InChI is InChI=1S/C12H15N5OS/c1-7-3-5-9(6-4-7)14-10(18)8(2)19-12-15-11(13)16-17-12/h3-6,8H,1-2H3,(H,14,18)(H3,13,15,16,17). The van der Waals surface area contributed by atoms with Crippen molar-refractivity contribution in [1.82, 2.24) is 15.2 Å². The quantitative estimate of drug-likeness (QED) is 0.741. The number of nitrogens with zero attached hydrogens (tertiary/aromatic N) is 2. The van der Waals surface area contributed by atoms with E-state index < -0.39 is 0 Å². The number of aryl methyl sites for hydroxylation is 1. The summed E-state index contributed by atoms with van der Waals surface area (Å²) in [7, 11) is 0. The third-order valence-electron chi connectivity index (χ3n) is 2.45. The van der Waals surface area contributed by atoms with Gasteiger partial charge in [-0.1, -0.05) is 29.5 Å². The van der Waals surface area contributed by atoms with Gasteiger partial charge in [0.05, 0.1) is 5.25 Å². The molecular formula is C12H15N5OS. The summed E-state index contributed by atoms with van der Waals surface area (Å²) in [4.78, 5) is 15.9. The number of hydrogen-bond acceptors (Lipinski definition) is 5. The van der Waals surface area contributed by atoms with Gasteiger partial charge >= 0.3 is 0 Å². The number of aromatic nitrogens is 3. The van der Waals surface area contributed by atoms with Crippen LogP contribution < -0.4 is 11.1 Å². The van der Waals surface area contributed by atoms with Crippen LogP contribution in [0.2, 0.25) is 0 Å². The Balaban J connectivity index is 1.94. The van der Waals surface area contributed by atoms with Crippen molar-refractivity contribution in [2.45, 2.75) is 24.3 Å². The average Bonchev–Trinajstić information content (AvgIpc) is 2.77. The second-order valence-corrected chi connectivity index (χ2v) is 5.43. The van der Waals surface area contributed by atoms with Crippen LogP contribution in [0.15, 0.2) is 29.4 Å². The SMILES string of the molecule is Cc1ccc(NC(=O)C(C)Sc2n[nH]c(N)n2)cc1. The van der Waals surface area contributed by atoms with E-state index in [1.165, 1.54) is 11.8 Å². The van der Waals surface area contributed by atoms with E-state index >= 15 is 0 Å². The van der Waals surface area contributed by atoms with Crippen molar-refractivity contribution >= 4 is 29.3 Å². The molecule has 100 valence electrons. The molecule has 1 heterocycles. The molecule has 0 saturated heterocycles. The molecule has 1 amide bonds. The predicted molar refractivity (Wildman–Crippen MR) is 75.9 cm³/mol. The van der Waals surface area contributed by atoms with Gasteiger partial charge in [-0.3, -0.25) is 4.79 Å². The van der Waals surface area contributed by atoms with Gasteiger partial charge in [-0.15, -0.1) is 5.10 Å². The maximum Gasteiger partial charge on any atom is 0.237 e. The van der Waals surface area contributed by atoms with E-state index in [1.807, 2.05) is 31.2 Å². The molecule has 19 heavy (non-hydrogen) atoms. The highest BCUT2D eigenvalue weighted by atomic mass is 32.2. The van der Waals surface area contributed by atoms with Crippen molar-refractivity contribution < 1.29 is 4.79 Å². The lowest BCUT2D eigenvalue weighted by molar-refractivity contribution is -0.115. The Hall–Kier alpha value is -2.02. The molecule has 0 radical (unpaired) electrons. The Labute approximate surface area is 115 Å². The minimum absolute atomic E-state index is 0.0998. The molecule has 0 aliphatic carbocycles. The number of nitrogens with one attached hydrogen (secondary N) is 2. The van der Waals surface area contributed by atoms with Crippen molar-refractivity contribution in [2.75, 3.05) is 11.1 Å². The average molecular weight is 277 g/mol. The third kappa shape index (κ3) is 3.72. The molecule has 2 rings (SSSR count). The Morgan fingerprint density at radius 3 is 2.68 bits per heavy atom. The Morgan fingerprint density at radius 1 is 1.42 bits per heavy atom. The van der Waals surface area contributed by atoms with Crippen molar-refractivity contribution in [3.8, 4) is 0 Å². The number of nitrogen functional groups attached to an aromatic ring is 1. The number of thioether (sulfide) groups is 1. The fourth-order valence-electron chi connectivity index (χ4n) is 1.40. The monoisotopic (exact) mass is 277 g/mol. The second-order valence-electron chi connectivity index (χ2n) is 4.12. The largest absolute Gasteiger partial charge is 0.368 e. The first-order valence-electron chi connectivity index (χ1n) is 5.76. The number of rotatable bonds is 4. The number of nitrogens with two attached hydrogens (primary N) is 1. The molecule has 0 aliphatic heterocycles. The smallest absolute Gasteiger partial charge is 0.237 e. The van der Waals surface area contributed by atoms with E-state index in [2.05, 4.69) is 20.5 Å². The lowest BCUT2D eigenvalue weighted by Crippen LogP contribution is -2.22. The molecular weight excluding hydrogens is 262 g/mol. The summed E-state index contributed by atoms with van der Waals surface area (Å²) in [6, 6.07) is 7.64. The highest BCUT2D eigenvalue weighted by Gasteiger charge is 2.16. The molecule has 0 fully saturated rings. The van der Waals surface area contributed by atoms with Crippen molar-refractivity contribution in [3.63, 3.8) is 0 Å². The van der Waals surface area contributed by atoms with Gasteiger partial charge in [0.25, 0.3) is 0 Å². The minimum Gasteiger partial charge on any atom is -0.368 e. The lowest BCUT2D eigenvalue weighted by atomic mass is 10.2. The Bertz CT molecular complexity index is 566. The number of carbonyl (C=O) groups excluding carboxylic acids is 1. The highest BCUT2D eigenvalue weighted by Crippen LogP contribution is 2.21. The molecule has 2 aromatic rings. The van der Waals surface area contributed by atoms with Crippen LogP contribution in [-0.4, -0.2) is 26.3 Å². The van der Waals surface area contributed by atoms with E-state index in [1.54, 1.807) is 6.92 Å². The highest BCUT2D eigenvalue weighted by molar-refractivity contribution is 8.00. The summed E-state index contributed by atoms with van der Waals surface area (Å²) in [5.41, 5.74) is 7.35. The van der Waals surface area contributed by atoms with Crippen LogP contribution in [0.1, 0.15) is 12.5 Å². The number of amides is 1. The van der Waals surface area contributed by atoms with Crippen LogP contribution in [0.4, 0.5) is 11.6 Å². The summed E-state index contributed by atoms with van der Waals surface area (Å²) in [5, 5.41) is 9.40. The van der Waals surface area contributed by atoms with Crippen LogP contribution >= 0.6 is 11.8 Å². The second kappa shape index (κ2) is 5.75. The zero-order valence-corrected chi connectivity index (χ0v) is 11.5. The summed E-state index contributed by atoms with van der Waals surface area (Å²) >= 11 is 1.25. The maximum atomic E-state index is 12.0. The van der Waals surface area contributed by atoms with Gasteiger partial charge in [-0.25, -0.2) is 5.10 Å².